The van der Waals surface area contributed by atoms with Crippen LogP contribution in [0.2, 0.25) is 0 Å². The number of likely N-dealkylation sites (tertiary alicyclic amines) is 1. The quantitative estimate of drug-likeness (QED) is 0.377. The normalized spacial score (nSPS) is 16.4. The van der Waals surface area contributed by atoms with E-state index in [9.17, 15) is 18.7 Å². The van der Waals surface area contributed by atoms with E-state index in [0.717, 1.165) is 5.56 Å². The number of rotatable bonds is 5. The smallest absolute Gasteiger partial charge is 0.320 e. The van der Waals surface area contributed by atoms with Crippen LogP contribution >= 0.6 is 0 Å². The number of amides is 2. The lowest BCUT2D eigenvalue weighted by atomic mass is 9.92. The first-order chi connectivity index (χ1) is 14.0. The second-order valence-corrected chi connectivity index (χ2v) is 7.81. The van der Waals surface area contributed by atoms with Gasteiger partial charge in [0.1, 0.15) is 11.7 Å². The number of anilines is 2. The van der Waals surface area contributed by atoms with Gasteiger partial charge in [0.25, 0.3) is 5.92 Å². The monoisotopic (exact) mass is 418 g/mol. The Bertz CT molecular complexity index is 938. The third-order valence-corrected chi connectivity index (χ3v) is 4.71. The maximum atomic E-state index is 13.0. The number of hydrogen-bond acceptors (Lipinski definition) is 5. The van der Waals surface area contributed by atoms with E-state index in [-0.39, 0.29) is 22.9 Å². The molecule has 1 aliphatic heterocycles. The number of pyridine rings is 1. The molecule has 1 saturated heterocycles. The summed E-state index contributed by atoms with van der Waals surface area (Å²) in [6.45, 7) is 2.10. The average Bonchev–Trinajstić information content (AvgIpc) is 2.63. The van der Waals surface area contributed by atoms with E-state index >= 15 is 0 Å². The second kappa shape index (κ2) is 7.86. The van der Waals surface area contributed by atoms with Crippen molar-refractivity contribution in [2.75, 3.05) is 24.1 Å². The van der Waals surface area contributed by atoms with Crippen molar-refractivity contribution in [3.05, 3.63) is 53.7 Å². The minimum absolute atomic E-state index is 0.123. The number of nitrogens with one attached hydrogen (secondary N) is 3. The first-order valence-electron chi connectivity index (χ1n) is 9.28. The minimum atomic E-state index is -2.80. The van der Waals surface area contributed by atoms with E-state index in [2.05, 4.69) is 15.6 Å². The summed E-state index contributed by atoms with van der Waals surface area (Å²) >= 11 is 0. The van der Waals surface area contributed by atoms with E-state index in [4.69, 9.17) is 11.1 Å². The van der Waals surface area contributed by atoms with Crippen molar-refractivity contribution >= 4 is 23.4 Å². The highest BCUT2D eigenvalue weighted by Crippen LogP contribution is 2.29. The van der Waals surface area contributed by atoms with Crippen LogP contribution in [0.1, 0.15) is 31.0 Å². The minimum Gasteiger partial charge on any atom is -0.398 e. The molecule has 0 unspecified atom stereocenters. The number of alkyl halides is 2. The number of carbonyl (C=O) groups excluding carboxylic acids is 1. The zero-order chi connectivity index (χ0) is 22.1. The van der Waals surface area contributed by atoms with Gasteiger partial charge >= 0.3 is 6.03 Å². The Morgan fingerprint density at radius 2 is 1.97 bits per heavy atom. The highest BCUT2D eigenvalue weighted by molar-refractivity contribution is 6.02. The van der Waals surface area contributed by atoms with E-state index in [1.165, 1.54) is 17.2 Å². The van der Waals surface area contributed by atoms with Gasteiger partial charge in [-0.15, -0.1) is 0 Å². The first-order valence-corrected chi connectivity index (χ1v) is 9.28. The zero-order valence-corrected chi connectivity index (χ0v) is 16.6. The zero-order valence-electron chi connectivity index (χ0n) is 16.6. The molecule has 0 radical (unpaired) electrons. The standard InChI is InChI=1S/C20H24F2N6O2/c1-19(2,30)16(12-6-4-3-5-7-12)27-18(29)26-15-8-14(23)13(9-25-15)17(24)28-10-20(21,22)11-28/h3-9,16,24,30H,10-11H2,1-2H3,(H4,23,25,26,27,29)/t16-/m0/s1. The maximum absolute atomic E-state index is 13.0. The third-order valence-electron chi connectivity index (χ3n) is 4.71. The number of halogens is 2. The van der Waals surface area contributed by atoms with Gasteiger partial charge in [0, 0.05) is 18.0 Å². The molecule has 2 heterocycles. The number of nitrogens with zero attached hydrogens (tertiary/aromatic N) is 2. The van der Waals surface area contributed by atoms with E-state index in [1.807, 2.05) is 6.07 Å². The molecule has 1 aromatic heterocycles. The maximum Gasteiger partial charge on any atom is 0.320 e. The number of carbonyl (C=O) groups is 1. The summed E-state index contributed by atoms with van der Waals surface area (Å²) in [6.07, 6.45) is 1.26. The Labute approximate surface area is 172 Å². The van der Waals surface area contributed by atoms with Gasteiger partial charge in [-0.3, -0.25) is 10.7 Å². The molecule has 2 aromatic rings. The fraction of sp³-hybridized carbons (Fsp3) is 0.350. The van der Waals surface area contributed by atoms with E-state index in [1.54, 1.807) is 38.1 Å². The number of urea groups is 1. The Morgan fingerprint density at radius 3 is 2.50 bits per heavy atom. The third kappa shape index (κ3) is 4.82. The molecule has 1 aliphatic rings. The largest absolute Gasteiger partial charge is 0.398 e. The molecule has 0 aliphatic carbocycles. The summed E-state index contributed by atoms with van der Waals surface area (Å²) in [5, 5.41) is 23.7. The molecule has 0 bridgehead atoms. The molecular weight excluding hydrogens is 394 g/mol. The molecule has 1 fully saturated rings. The van der Waals surface area contributed by atoms with Gasteiger partial charge in [-0.05, 0) is 19.4 Å². The fourth-order valence-electron chi connectivity index (χ4n) is 3.17. The number of hydrogen-bond donors (Lipinski definition) is 5. The summed E-state index contributed by atoms with van der Waals surface area (Å²) in [5.41, 5.74) is 5.76. The Balaban J connectivity index is 1.68. The number of amidine groups is 1. The molecule has 1 atom stereocenters. The van der Waals surface area contributed by atoms with Gasteiger partial charge in [0.2, 0.25) is 0 Å². The van der Waals surface area contributed by atoms with Crippen LogP contribution in [0, 0.1) is 5.41 Å². The Hall–Kier alpha value is -3.27. The highest BCUT2D eigenvalue weighted by atomic mass is 19.3. The van der Waals surface area contributed by atoms with Gasteiger partial charge in [0.15, 0.2) is 0 Å². The highest BCUT2D eigenvalue weighted by Gasteiger charge is 2.45. The van der Waals surface area contributed by atoms with Gasteiger partial charge in [-0.2, -0.15) is 0 Å². The summed E-state index contributed by atoms with van der Waals surface area (Å²) in [7, 11) is 0. The summed E-state index contributed by atoms with van der Waals surface area (Å²) in [6, 6.07) is 9.08. The van der Waals surface area contributed by atoms with Crippen LogP contribution in [0.5, 0.6) is 0 Å². The van der Waals surface area contributed by atoms with Crippen LogP contribution in [0.25, 0.3) is 0 Å². The Kier molecular flexibility index (Phi) is 5.62. The van der Waals surface area contributed by atoms with Crippen LogP contribution < -0.4 is 16.4 Å². The predicted molar refractivity (Wildman–Crippen MR) is 110 cm³/mol. The molecule has 1 aromatic carbocycles. The number of aromatic nitrogens is 1. The molecule has 10 heteroatoms. The number of nitrogen functional groups attached to an aromatic ring is 1. The molecular formula is C20H24F2N6O2. The molecule has 3 rings (SSSR count). The van der Waals surface area contributed by atoms with Crippen LogP contribution in [0.15, 0.2) is 42.6 Å². The average molecular weight is 418 g/mol. The lowest BCUT2D eigenvalue weighted by Crippen LogP contribution is -2.58. The van der Waals surface area contributed by atoms with Crippen molar-refractivity contribution in [3.63, 3.8) is 0 Å². The topological polar surface area (TPSA) is 127 Å². The molecule has 30 heavy (non-hydrogen) atoms. The number of benzene rings is 1. The Morgan fingerprint density at radius 1 is 1.33 bits per heavy atom. The van der Waals surface area contributed by atoms with Crippen LogP contribution in [-0.4, -0.2) is 51.5 Å². The van der Waals surface area contributed by atoms with Crippen molar-refractivity contribution in [1.82, 2.24) is 15.2 Å². The molecule has 0 spiro atoms. The van der Waals surface area contributed by atoms with Crippen LogP contribution in [-0.2, 0) is 0 Å². The van der Waals surface area contributed by atoms with Gasteiger partial charge in [0.05, 0.1) is 30.3 Å². The van der Waals surface area contributed by atoms with Gasteiger partial charge in [-0.1, -0.05) is 30.3 Å². The predicted octanol–water partition coefficient (Wildman–Crippen LogP) is 2.57. The molecule has 0 saturated carbocycles. The first kappa shape index (κ1) is 21.4. The summed E-state index contributed by atoms with van der Waals surface area (Å²) in [4.78, 5) is 17.7. The summed E-state index contributed by atoms with van der Waals surface area (Å²) in [5.74, 6) is -2.82. The molecule has 160 valence electrons. The van der Waals surface area contributed by atoms with Crippen LogP contribution in [0.3, 0.4) is 0 Å². The summed E-state index contributed by atoms with van der Waals surface area (Å²) < 4.78 is 26.1. The van der Waals surface area contributed by atoms with Crippen molar-refractivity contribution in [1.29, 1.82) is 5.41 Å². The van der Waals surface area contributed by atoms with Crippen molar-refractivity contribution in [3.8, 4) is 0 Å². The fourth-order valence-corrected chi connectivity index (χ4v) is 3.17. The van der Waals surface area contributed by atoms with E-state index < -0.39 is 36.7 Å². The molecule has 6 N–H and O–H groups in total. The second-order valence-electron chi connectivity index (χ2n) is 7.81. The van der Waals surface area contributed by atoms with Gasteiger partial charge in [-0.25, -0.2) is 18.6 Å². The lowest BCUT2D eigenvalue weighted by Gasteiger charge is -2.40. The number of aliphatic hydroxyl groups is 1. The SMILES string of the molecule is CC(C)(O)[C@@H](NC(=O)Nc1cc(N)c(C(=N)N2CC(F)(F)C2)cn1)c1ccccc1. The lowest BCUT2D eigenvalue weighted by molar-refractivity contribution is -0.101. The van der Waals surface area contributed by atoms with Gasteiger partial charge < -0.3 is 21.1 Å². The van der Waals surface area contributed by atoms with Crippen LogP contribution in [0.4, 0.5) is 25.1 Å². The van der Waals surface area contributed by atoms with Crippen molar-refractivity contribution < 1.29 is 18.7 Å². The molecule has 8 nitrogen and oxygen atoms in total. The number of nitrogens with two attached hydrogens (primary N) is 1. The molecule has 2 amide bonds. The van der Waals surface area contributed by atoms with Crippen molar-refractivity contribution in [2.45, 2.75) is 31.4 Å². The van der Waals surface area contributed by atoms with E-state index in [0.29, 0.717) is 0 Å². The van der Waals surface area contributed by atoms with Crippen molar-refractivity contribution in [2.24, 2.45) is 0 Å².